The fraction of sp³-hybridized carbons (Fsp3) is 0.600. The molecule has 1 aromatic carbocycles. The molecule has 0 spiro atoms. The van der Waals surface area contributed by atoms with Crippen molar-refractivity contribution >= 4 is 10.0 Å². The molecule has 1 heterocycles. The Morgan fingerprint density at radius 3 is 2.46 bits per heavy atom. The van der Waals surface area contributed by atoms with Gasteiger partial charge in [0.25, 0.3) is 0 Å². The third-order valence-corrected chi connectivity index (χ3v) is 5.89. The number of rotatable bonds is 6. The van der Waals surface area contributed by atoms with E-state index in [0.717, 1.165) is 25.2 Å². The van der Waals surface area contributed by atoms with Crippen molar-refractivity contribution in [2.75, 3.05) is 26.2 Å². The van der Waals surface area contributed by atoms with Gasteiger partial charge in [0.05, 0.1) is 0 Å². The van der Waals surface area contributed by atoms with Crippen LogP contribution in [0.3, 0.4) is 0 Å². The number of alkyl halides is 3. The fourth-order valence-electron chi connectivity index (χ4n) is 2.71. The molecule has 24 heavy (non-hydrogen) atoms. The predicted octanol–water partition coefficient (Wildman–Crippen LogP) is 2.60. The molecule has 0 atom stereocenters. The monoisotopic (exact) mass is 366 g/mol. The first-order valence-corrected chi connectivity index (χ1v) is 9.23. The van der Waals surface area contributed by atoms with Gasteiger partial charge in [-0.05, 0) is 44.0 Å². The predicted molar refractivity (Wildman–Crippen MR) is 83.2 cm³/mol. The minimum atomic E-state index is -4.94. The van der Waals surface area contributed by atoms with Crippen molar-refractivity contribution in [2.24, 2.45) is 5.92 Å². The third-order valence-electron chi connectivity index (χ3n) is 3.95. The van der Waals surface area contributed by atoms with E-state index in [1.54, 1.807) is 0 Å². The van der Waals surface area contributed by atoms with Gasteiger partial charge in [0.1, 0.15) is 10.6 Å². The average molecular weight is 366 g/mol. The summed E-state index contributed by atoms with van der Waals surface area (Å²) in [5.74, 6) is -0.321. The minimum absolute atomic E-state index is 0.290. The Bertz CT molecular complexity index is 642. The Balaban J connectivity index is 2.14. The highest BCUT2D eigenvalue weighted by atomic mass is 32.2. The number of halogens is 3. The van der Waals surface area contributed by atoms with Gasteiger partial charge >= 0.3 is 6.36 Å². The van der Waals surface area contributed by atoms with Crippen LogP contribution in [0.25, 0.3) is 0 Å². The molecule has 1 N–H and O–H groups in total. The van der Waals surface area contributed by atoms with Crippen LogP contribution in [0, 0.1) is 5.92 Å². The molecule has 1 saturated heterocycles. The average Bonchev–Trinajstić information content (AvgIpc) is 2.52. The smallest absolute Gasteiger partial charge is 0.404 e. The van der Waals surface area contributed by atoms with Crippen molar-refractivity contribution in [1.29, 1.82) is 0 Å². The summed E-state index contributed by atoms with van der Waals surface area (Å²) in [5, 5.41) is 3.23. The normalized spacial score (nSPS) is 17.8. The molecule has 2 rings (SSSR count). The topological polar surface area (TPSA) is 58.6 Å². The zero-order valence-electron chi connectivity index (χ0n) is 13.3. The highest BCUT2D eigenvalue weighted by Gasteiger charge is 2.36. The van der Waals surface area contributed by atoms with E-state index in [0.29, 0.717) is 31.8 Å². The molecule has 1 aromatic rings. The lowest BCUT2D eigenvalue weighted by Gasteiger charge is -2.31. The summed E-state index contributed by atoms with van der Waals surface area (Å²) in [4.78, 5) is -0.451. The fourth-order valence-corrected chi connectivity index (χ4v) is 4.30. The molecule has 0 amide bonds. The van der Waals surface area contributed by atoms with Gasteiger partial charge in [-0.3, -0.25) is 0 Å². The molecular formula is C15H21F3N2O3S. The van der Waals surface area contributed by atoms with Crippen LogP contribution in [-0.4, -0.2) is 45.3 Å². The van der Waals surface area contributed by atoms with Crippen molar-refractivity contribution in [3.05, 3.63) is 24.3 Å². The molecule has 9 heteroatoms. The number of benzene rings is 1. The Labute approximate surface area is 139 Å². The van der Waals surface area contributed by atoms with Crippen LogP contribution in [-0.2, 0) is 10.0 Å². The van der Waals surface area contributed by atoms with Crippen LogP contribution >= 0.6 is 0 Å². The number of para-hydroxylation sites is 1. The van der Waals surface area contributed by atoms with E-state index in [4.69, 9.17) is 0 Å². The van der Waals surface area contributed by atoms with Gasteiger partial charge in [0.2, 0.25) is 10.0 Å². The molecule has 1 aliphatic heterocycles. The van der Waals surface area contributed by atoms with Gasteiger partial charge in [0.15, 0.2) is 0 Å². The lowest BCUT2D eigenvalue weighted by molar-refractivity contribution is -0.275. The second kappa shape index (κ2) is 7.71. The maximum atomic E-state index is 12.7. The zero-order valence-corrected chi connectivity index (χ0v) is 14.2. The van der Waals surface area contributed by atoms with Gasteiger partial charge in [-0.2, -0.15) is 4.31 Å². The molecule has 0 radical (unpaired) electrons. The lowest BCUT2D eigenvalue weighted by atomic mass is 9.98. The van der Waals surface area contributed by atoms with E-state index in [1.165, 1.54) is 16.4 Å². The van der Waals surface area contributed by atoms with Crippen LogP contribution in [0.4, 0.5) is 13.2 Å². The Hall–Kier alpha value is -1.32. The van der Waals surface area contributed by atoms with Crippen LogP contribution in [0.15, 0.2) is 29.2 Å². The van der Waals surface area contributed by atoms with Crippen molar-refractivity contribution in [2.45, 2.75) is 31.0 Å². The number of piperidine rings is 1. The summed E-state index contributed by atoms with van der Waals surface area (Å²) in [6.45, 7) is 4.24. The Morgan fingerprint density at radius 2 is 1.88 bits per heavy atom. The molecule has 1 aliphatic rings. The van der Waals surface area contributed by atoms with E-state index >= 15 is 0 Å². The molecule has 0 aromatic heterocycles. The molecule has 136 valence electrons. The molecule has 0 unspecified atom stereocenters. The maximum Gasteiger partial charge on any atom is 0.573 e. The Morgan fingerprint density at radius 1 is 1.25 bits per heavy atom. The second-order valence-electron chi connectivity index (χ2n) is 5.65. The first-order chi connectivity index (χ1) is 11.2. The van der Waals surface area contributed by atoms with E-state index in [2.05, 4.69) is 10.1 Å². The van der Waals surface area contributed by atoms with Crippen LogP contribution in [0.2, 0.25) is 0 Å². The zero-order chi connectivity index (χ0) is 17.8. The number of sulfonamides is 1. The summed E-state index contributed by atoms with van der Waals surface area (Å²) in [6.07, 6.45) is -3.59. The van der Waals surface area contributed by atoms with Crippen molar-refractivity contribution in [3.63, 3.8) is 0 Å². The SMILES string of the molecule is CCNCC1CCN(S(=O)(=O)c2ccccc2OC(F)(F)F)CC1. The van der Waals surface area contributed by atoms with Crippen LogP contribution in [0.1, 0.15) is 19.8 Å². The second-order valence-corrected chi connectivity index (χ2v) is 7.56. The highest BCUT2D eigenvalue weighted by molar-refractivity contribution is 7.89. The first kappa shape index (κ1) is 19.0. The van der Waals surface area contributed by atoms with Crippen LogP contribution in [0.5, 0.6) is 5.75 Å². The molecule has 5 nitrogen and oxygen atoms in total. The Kier molecular flexibility index (Phi) is 6.11. The maximum absolute atomic E-state index is 12.7. The van der Waals surface area contributed by atoms with Gasteiger partial charge < -0.3 is 10.1 Å². The lowest BCUT2D eigenvalue weighted by Crippen LogP contribution is -2.41. The summed E-state index contributed by atoms with van der Waals surface area (Å²) >= 11 is 0. The van der Waals surface area contributed by atoms with E-state index in [-0.39, 0.29) is 0 Å². The highest BCUT2D eigenvalue weighted by Crippen LogP contribution is 2.32. The van der Waals surface area contributed by atoms with Gasteiger partial charge in [-0.15, -0.1) is 13.2 Å². The first-order valence-electron chi connectivity index (χ1n) is 7.79. The third kappa shape index (κ3) is 4.84. The van der Waals surface area contributed by atoms with Crippen molar-refractivity contribution < 1.29 is 26.3 Å². The number of hydrogen-bond acceptors (Lipinski definition) is 4. The summed E-state index contributed by atoms with van der Waals surface area (Å²) in [6, 6.07) is 4.84. The minimum Gasteiger partial charge on any atom is -0.404 e. The standard InChI is InChI=1S/C15H21F3N2O3S/c1-2-19-11-12-7-9-20(10-8-12)24(21,22)14-6-4-3-5-13(14)23-15(16,17)18/h3-6,12,19H,2,7-11H2,1H3. The summed E-state index contributed by atoms with van der Waals surface area (Å²) in [7, 11) is -4.02. The molecule has 0 bridgehead atoms. The van der Waals surface area contributed by atoms with Gasteiger partial charge in [0, 0.05) is 13.1 Å². The molecule has 0 saturated carbocycles. The number of nitrogens with zero attached hydrogens (tertiary/aromatic N) is 1. The molecular weight excluding hydrogens is 345 g/mol. The van der Waals surface area contributed by atoms with Crippen molar-refractivity contribution in [1.82, 2.24) is 9.62 Å². The number of ether oxygens (including phenoxy) is 1. The van der Waals surface area contributed by atoms with E-state index in [9.17, 15) is 21.6 Å². The van der Waals surface area contributed by atoms with Gasteiger partial charge in [-0.25, -0.2) is 8.42 Å². The molecule has 0 aliphatic carbocycles. The van der Waals surface area contributed by atoms with E-state index in [1.807, 2.05) is 6.92 Å². The molecule has 1 fully saturated rings. The summed E-state index contributed by atoms with van der Waals surface area (Å²) < 4.78 is 67.9. The van der Waals surface area contributed by atoms with Crippen LogP contribution < -0.4 is 10.1 Å². The quantitative estimate of drug-likeness (QED) is 0.841. The summed E-state index contributed by atoms with van der Waals surface area (Å²) in [5.41, 5.74) is 0. The number of hydrogen-bond donors (Lipinski definition) is 1. The van der Waals surface area contributed by atoms with Crippen molar-refractivity contribution in [3.8, 4) is 5.75 Å². The van der Waals surface area contributed by atoms with E-state index < -0.39 is 27.0 Å². The number of nitrogens with one attached hydrogen (secondary N) is 1. The van der Waals surface area contributed by atoms with Gasteiger partial charge in [-0.1, -0.05) is 19.1 Å². The largest absolute Gasteiger partial charge is 0.573 e.